The molecule has 1 aliphatic rings. The maximum Gasteiger partial charge on any atom is 0.387 e. The molecule has 0 atom stereocenters. The number of carbonyl (C=O) groups is 1. The number of rotatable bonds is 6. The van der Waals surface area contributed by atoms with Crippen LogP contribution in [0, 0.1) is 6.92 Å². The number of benzene rings is 2. The lowest BCUT2D eigenvalue weighted by Gasteiger charge is -2.35. The lowest BCUT2D eigenvalue weighted by molar-refractivity contribution is -0.0493. The smallest absolute Gasteiger partial charge is 0.387 e. The van der Waals surface area contributed by atoms with E-state index in [0.717, 1.165) is 25.4 Å². The number of nitrogens with zero attached hydrogens (tertiary/aromatic N) is 2. The number of aryl methyl sites for hydroxylation is 1. The largest absolute Gasteiger partial charge is 0.497 e. The van der Waals surface area contributed by atoms with Gasteiger partial charge in [0.25, 0.3) is 0 Å². The van der Waals surface area contributed by atoms with Gasteiger partial charge in [-0.15, -0.1) is 0 Å². The van der Waals surface area contributed by atoms with Crippen molar-refractivity contribution in [3.63, 3.8) is 0 Å². The molecule has 3 rings (SSSR count). The number of amides is 2. The number of ether oxygens (including phenoxy) is 2. The highest BCUT2D eigenvalue weighted by Gasteiger charge is 2.23. The van der Waals surface area contributed by atoms with Gasteiger partial charge in [-0.1, -0.05) is 24.3 Å². The summed E-state index contributed by atoms with van der Waals surface area (Å²) in [6.07, 6.45) is 0. The van der Waals surface area contributed by atoms with E-state index in [4.69, 9.17) is 4.74 Å². The molecule has 0 radical (unpaired) electrons. The van der Waals surface area contributed by atoms with Gasteiger partial charge in [-0.3, -0.25) is 4.90 Å². The Balaban J connectivity index is 1.55. The number of para-hydroxylation sites is 1. The number of anilines is 1. The van der Waals surface area contributed by atoms with Gasteiger partial charge in [-0.2, -0.15) is 8.78 Å². The molecular weight excluding hydrogens is 380 g/mol. The summed E-state index contributed by atoms with van der Waals surface area (Å²) >= 11 is 0. The summed E-state index contributed by atoms with van der Waals surface area (Å²) in [6.45, 7) is 2.15. The van der Waals surface area contributed by atoms with Gasteiger partial charge in [0.2, 0.25) is 0 Å². The summed E-state index contributed by atoms with van der Waals surface area (Å²) in [5.74, 6) is 0.785. The molecule has 1 heterocycles. The SMILES string of the molecule is COc1ccc(CN2CCN(C(=O)Nc3c(C)cccc3OC(F)F)CC2)cc1. The minimum Gasteiger partial charge on any atom is -0.497 e. The van der Waals surface area contributed by atoms with Crippen molar-refractivity contribution >= 4 is 11.7 Å². The van der Waals surface area contributed by atoms with Crippen molar-refractivity contribution in [2.24, 2.45) is 0 Å². The molecule has 156 valence electrons. The Morgan fingerprint density at radius 2 is 1.79 bits per heavy atom. The van der Waals surface area contributed by atoms with E-state index in [-0.39, 0.29) is 17.5 Å². The first-order valence-electron chi connectivity index (χ1n) is 9.42. The highest BCUT2D eigenvalue weighted by atomic mass is 19.3. The number of urea groups is 1. The number of carbonyl (C=O) groups excluding carboxylic acids is 1. The molecule has 1 fully saturated rings. The van der Waals surface area contributed by atoms with Crippen LogP contribution in [0.25, 0.3) is 0 Å². The van der Waals surface area contributed by atoms with E-state index in [1.54, 1.807) is 31.1 Å². The molecule has 0 aliphatic carbocycles. The summed E-state index contributed by atoms with van der Waals surface area (Å²) in [4.78, 5) is 16.6. The highest BCUT2D eigenvalue weighted by molar-refractivity contribution is 5.92. The van der Waals surface area contributed by atoms with Crippen LogP contribution >= 0.6 is 0 Å². The maximum absolute atomic E-state index is 12.6. The first-order valence-corrected chi connectivity index (χ1v) is 9.42. The molecule has 8 heteroatoms. The molecule has 1 saturated heterocycles. The van der Waals surface area contributed by atoms with Gasteiger partial charge in [0.1, 0.15) is 11.5 Å². The lowest BCUT2D eigenvalue weighted by atomic mass is 10.2. The monoisotopic (exact) mass is 405 g/mol. The topological polar surface area (TPSA) is 54.0 Å². The zero-order valence-corrected chi connectivity index (χ0v) is 16.5. The molecular formula is C21H25F2N3O3. The van der Waals surface area contributed by atoms with Crippen molar-refractivity contribution in [2.75, 3.05) is 38.6 Å². The van der Waals surface area contributed by atoms with E-state index in [2.05, 4.69) is 15.0 Å². The van der Waals surface area contributed by atoms with Crippen LogP contribution in [-0.4, -0.2) is 55.7 Å². The van der Waals surface area contributed by atoms with Crippen molar-refractivity contribution < 1.29 is 23.0 Å². The molecule has 2 aromatic carbocycles. The Morgan fingerprint density at radius 1 is 1.10 bits per heavy atom. The predicted molar refractivity (Wildman–Crippen MR) is 107 cm³/mol. The summed E-state index contributed by atoms with van der Waals surface area (Å²) in [5.41, 5.74) is 2.12. The lowest BCUT2D eigenvalue weighted by Crippen LogP contribution is -2.49. The molecule has 2 aromatic rings. The highest BCUT2D eigenvalue weighted by Crippen LogP contribution is 2.29. The van der Waals surface area contributed by atoms with Crippen molar-refractivity contribution in [3.8, 4) is 11.5 Å². The van der Waals surface area contributed by atoms with E-state index in [0.29, 0.717) is 18.7 Å². The fraction of sp³-hybridized carbons (Fsp3) is 0.381. The average Bonchev–Trinajstić information content (AvgIpc) is 2.71. The van der Waals surface area contributed by atoms with Crippen molar-refractivity contribution in [1.82, 2.24) is 9.80 Å². The molecule has 29 heavy (non-hydrogen) atoms. The van der Waals surface area contributed by atoms with Crippen LogP contribution < -0.4 is 14.8 Å². The number of nitrogens with one attached hydrogen (secondary N) is 1. The summed E-state index contributed by atoms with van der Waals surface area (Å²) in [7, 11) is 1.64. The van der Waals surface area contributed by atoms with Crippen molar-refractivity contribution in [3.05, 3.63) is 53.6 Å². The van der Waals surface area contributed by atoms with Crippen LogP contribution in [0.5, 0.6) is 11.5 Å². The molecule has 0 unspecified atom stereocenters. The zero-order chi connectivity index (χ0) is 20.8. The van der Waals surface area contributed by atoms with Crippen molar-refractivity contribution in [1.29, 1.82) is 0 Å². The number of hydrogen-bond acceptors (Lipinski definition) is 4. The summed E-state index contributed by atoms with van der Waals surface area (Å²) in [5, 5.41) is 2.73. The van der Waals surface area contributed by atoms with Gasteiger partial charge in [-0.25, -0.2) is 4.79 Å². The summed E-state index contributed by atoms with van der Waals surface area (Å²) < 4.78 is 35.0. The van der Waals surface area contributed by atoms with E-state index in [9.17, 15) is 13.6 Å². The molecule has 0 bridgehead atoms. The van der Waals surface area contributed by atoms with Crippen LogP contribution in [0.2, 0.25) is 0 Å². The first-order chi connectivity index (χ1) is 14.0. The number of halogens is 2. The van der Waals surface area contributed by atoms with Gasteiger partial charge in [0, 0.05) is 32.7 Å². The van der Waals surface area contributed by atoms with Gasteiger partial charge in [0.05, 0.1) is 12.8 Å². The Labute approximate surface area is 169 Å². The first kappa shape index (κ1) is 20.9. The quantitative estimate of drug-likeness (QED) is 0.791. The second-order valence-electron chi connectivity index (χ2n) is 6.87. The second kappa shape index (κ2) is 9.56. The van der Waals surface area contributed by atoms with Crippen LogP contribution in [0.1, 0.15) is 11.1 Å². The van der Waals surface area contributed by atoms with Gasteiger partial charge in [-0.05, 0) is 36.2 Å². The number of alkyl halides is 2. The average molecular weight is 405 g/mol. The van der Waals surface area contributed by atoms with Gasteiger partial charge >= 0.3 is 12.6 Å². The number of methoxy groups -OCH3 is 1. The third-order valence-corrected chi connectivity index (χ3v) is 4.91. The second-order valence-corrected chi connectivity index (χ2v) is 6.87. The Bertz CT molecular complexity index is 822. The van der Waals surface area contributed by atoms with Crippen molar-refractivity contribution in [2.45, 2.75) is 20.1 Å². The fourth-order valence-corrected chi connectivity index (χ4v) is 3.28. The Kier molecular flexibility index (Phi) is 6.87. The van der Waals surface area contributed by atoms with Gasteiger partial charge in [0.15, 0.2) is 0 Å². The maximum atomic E-state index is 12.6. The third kappa shape index (κ3) is 5.57. The predicted octanol–water partition coefficient (Wildman–Crippen LogP) is 3.95. The zero-order valence-electron chi connectivity index (χ0n) is 16.5. The Hall–Kier alpha value is -2.87. The van der Waals surface area contributed by atoms with Crippen LogP contribution in [-0.2, 0) is 6.54 Å². The number of piperazine rings is 1. The van der Waals surface area contributed by atoms with Crippen LogP contribution in [0.4, 0.5) is 19.3 Å². The molecule has 1 aliphatic heterocycles. The summed E-state index contributed by atoms with van der Waals surface area (Å²) in [6, 6.07) is 12.4. The van der Waals surface area contributed by atoms with Crippen LogP contribution in [0.3, 0.4) is 0 Å². The standard InChI is InChI=1S/C21H25F2N3O3/c1-15-4-3-5-18(29-20(22)23)19(15)24-21(27)26-12-10-25(11-13-26)14-16-6-8-17(28-2)9-7-16/h3-9,20H,10-14H2,1-2H3,(H,24,27). The molecule has 0 spiro atoms. The minimum atomic E-state index is -2.95. The fourth-order valence-electron chi connectivity index (χ4n) is 3.28. The Morgan fingerprint density at radius 3 is 2.41 bits per heavy atom. The van der Waals surface area contributed by atoms with Crippen LogP contribution in [0.15, 0.2) is 42.5 Å². The van der Waals surface area contributed by atoms with E-state index >= 15 is 0 Å². The van der Waals surface area contributed by atoms with E-state index in [1.807, 2.05) is 24.3 Å². The molecule has 2 amide bonds. The molecule has 1 N–H and O–H groups in total. The van der Waals surface area contributed by atoms with E-state index in [1.165, 1.54) is 11.6 Å². The van der Waals surface area contributed by atoms with E-state index < -0.39 is 6.61 Å². The normalized spacial score (nSPS) is 14.7. The molecule has 0 aromatic heterocycles. The van der Waals surface area contributed by atoms with Gasteiger partial charge < -0.3 is 19.7 Å². The minimum absolute atomic E-state index is 0.0357. The third-order valence-electron chi connectivity index (χ3n) is 4.91. The molecule has 0 saturated carbocycles. The number of hydrogen-bond donors (Lipinski definition) is 1. The molecule has 6 nitrogen and oxygen atoms in total.